The topological polar surface area (TPSA) is 87.5 Å². The molecule has 4 N–H and O–H groups in total. The van der Waals surface area contributed by atoms with Crippen molar-refractivity contribution in [1.82, 2.24) is 10.2 Å². The van der Waals surface area contributed by atoms with Gasteiger partial charge in [0.05, 0.1) is 5.54 Å². The Bertz CT molecular complexity index is 590. The van der Waals surface area contributed by atoms with Crippen LogP contribution < -0.4 is 16.4 Å². The molecule has 1 aromatic carbocycles. The third kappa shape index (κ3) is 5.54. The Morgan fingerprint density at radius 3 is 2.27 bits per heavy atom. The van der Waals surface area contributed by atoms with Gasteiger partial charge in [0.15, 0.2) is 0 Å². The highest BCUT2D eigenvalue weighted by atomic mass is 16.2. The molecule has 6 heteroatoms. The number of hydrogen-bond acceptors (Lipinski definition) is 4. The minimum Gasteiger partial charge on any atom is -0.351 e. The first kappa shape index (κ1) is 20.4. The molecule has 6 nitrogen and oxygen atoms in total. The van der Waals surface area contributed by atoms with Gasteiger partial charge in [-0.25, -0.2) is 0 Å². The first-order valence-corrected chi connectivity index (χ1v) is 9.69. The monoisotopic (exact) mass is 360 g/mol. The van der Waals surface area contributed by atoms with Crippen molar-refractivity contribution in [3.8, 4) is 0 Å². The van der Waals surface area contributed by atoms with Gasteiger partial charge in [0, 0.05) is 24.3 Å². The first-order valence-electron chi connectivity index (χ1n) is 9.69. The summed E-state index contributed by atoms with van der Waals surface area (Å²) in [6.45, 7) is 7.63. The van der Waals surface area contributed by atoms with Gasteiger partial charge in [-0.1, -0.05) is 33.1 Å². The lowest BCUT2D eigenvalue weighted by molar-refractivity contribution is -0.122. The Balaban J connectivity index is 1.85. The third-order valence-electron chi connectivity index (χ3n) is 5.21. The van der Waals surface area contributed by atoms with E-state index in [9.17, 15) is 9.59 Å². The summed E-state index contributed by atoms with van der Waals surface area (Å²) in [6.07, 6.45) is 4.59. The van der Waals surface area contributed by atoms with Gasteiger partial charge in [-0.2, -0.15) is 0 Å². The van der Waals surface area contributed by atoms with E-state index in [1.165, 1.54) is 0 Å². The molecule has 0 aliphatic heterocycles. The number of nitrogens with two attached hydrogens (primary N) is 1. The van der Waals surface area contributed by atoms with Crippen LogP contribution in [0, 0.1) is 0 Å². The highest BCUT2D eigenvalue weighted by Crippen LogP contribution is 2.27. The smallest absolute Gasteiger partial charge is 0.251 e. The van der Waals surface area contributed by atoms with Crippen molar-refractivity contribution >= 4 is 17.5 Å². The van der Waals surface area contributed by atoms with Crippen LogP contribution in [0.4, 0.5) is 5.69 Å². The van der Waals surface area contributed by atoms with Gasteiger partial charge in [0.25, 0.3) is 5.91 Å². The van der Waals surface area contributed by atoms with Crippen molar-refractivity contribution in [3.05, 3.63) is 29.8 Å². The van der Waals surface area contributed by atoms with Crippen LogP contribution in [0.1, 0.15) is 56.3 Å². The number of rotatable bonds is 8. The van der Waals surface area contributed by atoms with Crippen molar-refractivity contribution in [1.29, 1.82) is 0 Å². The van der Waals surface area contributed by atoms with Crippen molar-refractivity contribution < 1.29 is 9.59 Å². The molecule has 2 amide bonds. The number of likely N-dealkylation sites (N-methyl/N-ethyl adjacent to an activating group) is 1. The van der Waals surface area contributed by atoms with Crippen molar-refractivity contribution in [3.63, 3.8) is 0 Å². The molecule has 1 fully saturated rings. The van der Waals surface area contributed by atoms with Crippen molar-refractivity contribution in [2.45, 2.75) is 51.5 Å². The minimum atomic E-state index is -0.765. The SMILES string of the molecule is CCN(CC)CCNC(=O)c1ccc(NC(=O)C2(N)CCCCC2)cc1. The van der Waals surface area contributed by atoms with E-state index in [1.807, 2.05) is 0 Å². The zero-order chi connectivity index (χ0) is 19.0. The number of nitrogens with zero attached hydrogens (tertiary/aromatic N) is 1. The van der Waals surface area contributed by atoms with E-state index in [2.05, 4.69) is 29.4 Å². The average Bonchev–Trinajstić information content (AvgIpc) is 2.66. The maximum Gasteiger partial charge on any atom is 0.251 e. The number of nitrogens with one attached hydrogen (secondary N) is 2. The number of anilines is 1. The summed E-state index contributed by atoms with van der Waals surface area (Å²) >= 11 is 0. The van der Waals surface area contributed by atoms with Crippen LogP contribution in [0.5, 0.6) is 0 Å². The molecule has 0 aromatic heterocycles. The van der Waals surface area contributed by atoms with Gasteiger partial charge < -0.3 is 21.3 Å². The molecular weight excluding hydrogens is 328 g/mol. The number of amides is 2. The Hall–Kier alpha value is -1.92. The normalized spacial score (nSPS) is 16.3. The number of hydrogen-bond donors (Lipinski definition) is 3. The zero-order valence-corrected chi connectivity index (χ0v) is 16.0. The largest absolute Gasteiger partial charge is 0.351 e. The van der Waals surface area contributed by atoms with Gasteiger partial charge in [-0.3, -0.25) is 9.59 Å². The lowest BCUT2D eigenvalue weighted by Gasteiger charge is -2.31. The van der Waals surface area contributed by atoms with Gasteiger partial charge in [0.2, 0.25) is 5.91 Å². The molecule has 0 bridgehead atoms. The summed E-state index contributed by atoms with van der Waals surface area (Å²) in [6, 6.07) is 6.96. The summed E-state index contributed by atoms with van der Waals surface area (Å²) in [7, 11) is 0. The second-order valence-corrected chi connectivity index (χ2v) is 7.03. The van der Waals surface area contributed by atoms with Crippen molar-refractivity contribution in [2.75, 3.05) is 31.5 Å². The molecule has 0 unspecified atom stereocenters. The molecule has 1 aromatic rings. The highest BCUT2D eigenvalue weighted by molar-refractivity contribution is 5.99. The van der Waals surface area contributed by atoms with Crippen LogP contribution >= 0.6 is 0 Å². The summed E-state index contributed by atoms with van der Waals surface area (Å²) in [5.74, 6) is -0.230. The van der Waals surface area contributed by atoms with Gasteiger partial charge in [-0.05, 0) is 50.2 Å². The van der Waals surface area contributed by atoms with Crippen molar-refractivity contribution in [2.24, 2.45) is 5.73 Å². The lowest BCUT2D eigenvalue weighted by Crippen LogP contribution is -2.52. The number of carbonyl (C=O) groups excluding carboxylic acids is 2. The molecule has 0 atom stereocenters. The van der Waals surface area contributed by atoms with E-state index in [1.54, 1.807) is 24.3 Å². The molecular formula is C20H32N4O2. The molecule has 144 valence electrons. The molecule has 1 aliphatic rings. The van der Waals surface area contributed by atoms with Gasteiger partial charge in [0.1, 0.15) is 0 Å². The quantitative estimate of drug-likeness (QED) is 0.664. The van der Waals surface area contributed by atoms with E-state index >= 15 is 0 Å². The van der Waals surface area contributed by atoms with Crippen LogP contribution in [0.25, 0.3) is 0 Å². The van der Waals surface area contributed by atoms with E-state index in [4.69, 9.17) is 5.73 Å². The lowest BCUT2D eigenvalue weighted by atomic mass is 9.82. The van der Waals surface area contributed by atoms with E-state index in [0.717, 1.165) is 51.7 Å². The zero-order valence-electron chi connectivity index (χ0n) is 16.0. The third-order valence-corrected chi connectivity index (χ3v) is 5.21. The Morgan fingerprint density at radius 1 is 1.08 bits per heavy atom. The summed E-state index contributed by atoms with van der Waals surface area (Å²) < 4.78 is 0. The standard InChI is InChI=1S/C20H32N4O2/c1-3-24(4-2)15-14-22-18(25)16-8-10-17(11-9-16)23-19(26)20(21)12-6-5-7-13-20/h8-11H,3-7,12-15,21H2,1-2H3,(H,22,25)(H,23,26). The molecule has 1 aliphatic carbocycles. The molecule has 0 radical (unpaired) electrons. The highest BCUT2D eigenvalue weighted by Gasteiger charge is 2.35. The van der Waals surface area contributed by atoms with E-state index < -0.39 is 5.54 Å². The van der Waals surface area contributed by atoms with E-state index in [-0.39, 0.29) is 11.8 Å². The van der Waals surface area contributed by atoms with Gasteiger partial charge >= 0.3 is 0 Å². The number of benzene rings is 1. The van der Waals surface area contributed by atoms with Gasteiger partial charge in [-0.15, -0.1) is 0 Å². The fraction of sp³-hybridized carbons (Fsp3) is 0.600. The summed E-state index contributed by atoms with van der Waals surface area (Å²) in [5.41, 5.74) is 6.74. The Kier molecular flexibility index (Phi) is 7.60. The molecule has 0 spiro atoms. The fourth-order valence-electron chi connectivity index (χ4n) is 3.34. The molecule has 2 rings (SSSR count). The first-order chi connectivity index (χ1) is 12.5. The maximum atomic E-state index is 12.5. The second-order valence-electron chi connectivity index (χ2n) is 7.03. The van der Waals surface area contributed by atoms with Crippen LogP contribution in [0.2, 0.25) is 0 Å². The molecule has 0 saturated heterocycles. The predicted molar refractivity (Wildman–Crippen MR) is 105 cm³/mol. The van der Waals surface area contributed by atoms with Crippen LogP contribution in [0.15, 0.2) is 24.3 Å². The Morgan fingerprint density at radius 2 is 1.69 bits per heavy atom. The predicted octanol–water partition coefficient (Wildman–Crippen LogP) is 2.36. The minimum absolute atomic E-state index is 0.0994. The summed E-state index contributed by atoms with van der Waals surface area (Å²) in [4.78, 5) is 26.9. The fourth-order valence-corrected chi connectivity index (χ4v) is 3.34. The van der Waals surface area contributed by atoms with Crippen LogP contribution in [-0.4, -0.2) is 48.4 Å². The molecule has 26 heavy (non-hydrogen) atoms. The molecule has 0 heterocycles. The van der Waals surface area contributed by atoms with Crippen LogP contribution in [0.3, 0.4) is 0 Å². The Labute approximate surface area is 156 Å². The summed E-state index contributed by atoms with van der Waals surface area (Å²) in [5, 5.41) is 5.82. The molecule has 1 saturated carbocycles. The second kappa shape index (κ2) is 9.69. The van der Waals surface area contributed by atoms with Crippen LogP contribution in [-0.2, 0) is 4.79 Å². The van der Waals surface area contributed by atoms with E-state index in [0.29, 0.717) is 17.8 Å². The average molecular weight is 361 g/mol. The number of carbonyl (C=O) groups is 2. The maximum absolute atomic E-state index is 12.5.